The highest BCUT2D eigenvalue weighted by Crippen LogP contribution is 2.32. The number of anilines is 1. The molecule has 0 aliphatic rings. The molecule has 1 aromatic heterocycles. The number of aromatic nitrogens is 1. The Bertz CT molecular complexity index is 1050. The van der Waals surface area contributed by atoms with Gasteiger partial charge in [-0.15, -0.1) is 0 Å². The summed E-state index contributed by atoms with van der Waals surface area (Å²) in [7, 11) is 3.81. The average molecular weight is 407 g/mol. The average Bonchev–Trinajstić information content (AvgIpc) is 3.05. The van der Waals surface area contributed by atoms with Crippen molar-refractivity contribution in [3.05, 3.63) is 63.7 Å². The van der Waals surface area contributed by atoms with Crippen LogP contribution in [0.5, 0.6) is 0 Å². The largest absolute Gasteiger partial charge is 0.338 e. The van der Waals surface area contributed by atoms with Crippen molar-refractivity contribution in [2.24, 2.45) is 0 Å². The number of nitro groups is 1. The number of hydrogen-bond acceptors (Lipinski definition) is 5. The summed E-state index contributed by atoms with van der Waals surface area (Å²) in [4.78, 5) is 30.1. The normalized spacial score (nSPS) is 11.2. The molecule has 10 heteroatoms. The standard InChI is InChI=1S/C18H16F2N4O3S/c1-22(2)6-7-23(17(25)11-4-3-5-13(8-11)24(26)27)18-21-16-14(20)9-12(19)10-15(16)28-18/h3-5,8-10H,6-7H2,1-2H3/p+1. The number of benzene rings is 2. The minimum Gasteiger partial charge on any atom is -0.338 e. The highest BCUT2D eigenvalue weighted by atomic mass is 32.1. The quantitative estimate of drug-likeness (QED) is 0.502. The Morgan fingerprint density at radius 2 is 2.04 bits per heavy atom. The van der Waals surface area contributed by atoms with Gasteiger partial charge in [0.25, 0.3) is 11.6 Å². The first-order valence-electron chi connectivity index (χ1n) is 8.37. The van der Waals surface area contributed by atoms with Gasteiger partial charge in [-0.25, -0.2) is 13.8 Å². The number of nitrogens with one attached hydrogen (secondary N) is 1. The molecule has 1 heterocycles. The molecular formula is C18H17F2N4O3S+. The van der Waals surface area contributed by atoms with Gasteiger partial charge in [-0.1, -0.05) is 17.4 Å². The summed E-state index contributed by atoms with van der Waals surface area (Å²) in [5.74, 6) is -2.03. The summed E-state index contributed by atoms with van der Waals surface area (Å²) < 4.78 is 27.8. The fourth-order valence-electron chi connectivity index (χ4n) is 2.59. The maximum absolute atomic E-state index is 14.0. The molecule has 0 aliphatic carbocycles. The van der Waals surface area contributed by atoms with Gasteiger partial charge in [0.2, 0.25) is 0 Å². The molecule has 1 amide bonds. The first-order valence-corrected chi connectivity index (χ1v) is 9.19. The Morgan fingerprint density at radius 1 is 1.29 bits per heavy atom. The molecule has 3 aromatic rings. The van der Waals surface area contributed by atoms with Crippen LogP contribution >= 0.6 is 11.3 Å². The zero-order valence-corrected chi connectivity index (χ0v) is 15.9. The number of nitro benzene ring substituents is 1. The van der Waals surface area contributed by atoms with Gasteiger partial charge in [0.05, 0.1) is 36.8 Å². The van der Waals surface area contributed by atoms with Crippen LogP contribution in [0, 0.1) is 21.7 Å². The number of halogens is 2. The monoisotopic (exact) mass is 407 g/mol. The van der Waals surface area contributed by atoms with Gasteiger partial charge in [0.1, 0.15) is 11.3 Å². The number of amides is 1. The van der Waals surface area contributed by atoms with Gasteiger partial charge in [0.15, 0.2) is 10.9 Å². The molecule has 0 bridgehead atoms. The van der Waals surface area contributed by atoms with Crippen molar-refractivity contribution in [1.82, 2.24) is 4.98 Å². The molecule has 0 fully saturated rings. The van der Waals surface area contributed by atoms with Crippen LogP contribution < -0.4 is 9.80 Å². The Morgan fingerprint density at radius 3 is 2.71 bits per heavy atom. The van der Waals surface area contributed by atoms with E-state index >= 15 is 0 Å². The van der Waals surface area contributed by atoms with Crippen molar-refractivity contribution in [1.29, 1.82) is 0 Å². The maximum Gasteiger partial charge on any atom is 0.270 e. The van der Waals surface area contributed by atoms with Gasteiger partial charge in [-0.3, -0.25) is 19.8 Å². The summed E-state index contributed by atoms with van der Waals surface area (Å²) in [6, 6.07) is 7.27. The van der Waals surface area contributed by atoms with Gasteiger partial charge in [0, 0.05) is 23.8 Å². The third-order valence-electron chi connectivity index (χ3n) is 4.02. The third kappa shape index (κ3) is 4.12. The fraction of sp³-hybridized carbons (Fsp3) is 0.222. The van der Waals surface area contributed by atoms with Crippen molar-refractivity contribution in [2.75, 3.05) is 32.1 Å². The van der Waals surface area contributed by atoms with Crippen LogP contribution in [0.3, 0.4) is 0 Å². The predicted octanol–water partition coefficient (Wildman–Crippen LogP) is 2.27. The number of carbonyl (C=O) groups is 1. The first kappa shape index (κ1) is 19.8. The SMILES string of the molecule is C[NH+](C)CCN(C(=O)c1cccc([N+](=O)[O-])c1)c1nc2c(F)cc(F)cc2s1. The molecule has 3 rings (SSSR count). The lowest BCUT2D eigenvalue weighted by atomic mass is 10.2. The van der Waals surface area contributed by atoms with Crippen LogP contribution in [0.4, 0.5) is 19.6 Å². The zero-order chi connectivity index (χ0) is 20.4. The highest BCUT2D eigenvalue weighted by molar-refractivity contribution is 7.22. The first-order chi connectivity index (χ1) is 13.3. The van der Waals surface area contributed by atoms with Crippen LogP contribution in [0.2, 0.25) is 0 Å². The Balaban J connectivity index is 2.04. The number of carbonyl (C=O) groups excluding carboxylic acids is 1. The van der Waals surface area contributed by atoms with Gasteiger partial charge < -0.3 is 4.90 Å². The summed E-state index contributed by atoms with van der Waals surface area (Å²) in [5, 5.41) is 11.2. The fourth-order valence-corrected chi connectivity index (χ4v) is 3.62. The van der Waals surface area contributed by atoms with Crippen molar-refractivity contribution in [3.63, 3.8) is 0 Å². The minimum absolute atomic E-state index is 0.0181. The van der Waals surface area contributed by atoms with Gasteiger partial charge >= 0.3 is 0 Å². The van der Waals surface area contributed by atoms with Crippen LogP contribution in [0.15, 0.2) is 36.4 Å². The van der Waals surface area contributed by atoms with Crippen molar-refractivity contribution in [2.45, 2.75) is 0 Å². The van der Waals surface area contributed by atoms with E-state index in [1.807, 2.05) is 14.1 Å². The molecule has 146 valence electrons. The van der Waals surface area contributed by atoms with E-state index in [4.69, 9.17) is 0 Å². The topological polar surface area (TPSA) is 80.8 Å². The van der Waals surface area contributed by atoms with E-state index in [0.29, 0.717) is 6.54 Å². The lowest BCUT2D eigenvalue weighted by Crippen LogP contribution is -3.06. The summed E-state index contributed by atoms with van der Waals surface area (Å²) in [5.41, 5.74) is -0.106. The summed E-state index contributed by atoms with van der Waals surface area (Å²) in [6.07, 6.45) is 0. The van der Waals surface area contributed by atoms with E-state index in [1.54, 1.807) is 0 Å². The molecule has 0 atom stereocenters. The molecule has 0 spiro atoms. The molecule has 0 unspecified atom stereocenters. The van der Waals surface area contributed by atoms with Gasteiger partial charge in [-0.05, 0) is 12.1 Å². The number of non-ortho nitro benzene ring substituents is 1. The van der Waals surface area contributed by atoms with Crippen LogP contribution in [-0.4, -0.2) is 43.0 Å². The third-order valence-corrected chi connectivity index (χ3v) is 5.04. The smallest absolute Gasteiger partial charge is 0.270 e. The lowest BCUT2D eigenvalue weighted by molar-refractivity contribution is -0.856. The van der Waals surface area contributed by atoms with Crippen molar-refractivity contribution >= 4 is 38.3 Å². The molecule has 1 N–H and O–H groups in total. The molecule has 0 aliphatic heterocycles. The molecule has 2 aromatic carbocycles. The number of thiazole rings is 1. The summed E-state index contributed by atoms with van der Waals surface area (Å²) in [6.45, 7) is 0.821. The molecular weight excluding hydrogens is 390 g/mol. The Labute approximate surface area is 163 Å². The number of rotatable bonds is 6. The van der Waals surface area contributed by atoms with E-state index in [-0.39, 0.29) is 33.1 Å². The van der Waals surface area contributed by atoms with E-state index in [0.717, 1.165) is 28.4 Å². The van der Waals surface area contributed by atoms with Crippen molar-refractivity contribution in [3.8, 4) is 0 Å². The highest BCUT2D eigenvalue weighted by Gasteiger charge is 2.24. The number of fused-ring (bicyclic) bond motifs is 1. The number of quaternary nitrogens is 1. The predicted molar refractivity (Wildman–Crippen MR) is 102 cm³/mol. The number of likely N-dealkylation sites (N-methyl/N-ethyl adjacent to an activating group) is 1. The van der Waals surface area contributed by atoms with Crippen molar-refractivity contribution < 1.29 is 23.4 Å². The Kier molecular flexibility index (Phi) is 5.61. The van der Waals surface area contributed by atoms with Crippen LogP contribution in [0.25, 0.3) is 10.2 Å². The minimum atomic E-state index is -0.807. The summed E-state index contributed by atoms with van der Waals surface area (Å²) >= 11 is 0.990. The molecule has 0 saturated heterocycles. The van der Waals surface area contributed by atoms with E-state index in [1.165, 1.54) is 29.2 Å². The lowest BCUT2D eigenvalue weighted by Gasteiger charge is -2.20. The number of nitrogens with zero attached hydrogens (tertiary/aromatic N) is 3. The van der Waals surface area contributed by atoms with E-state index in [2.05, 4.69) is 4.98 Å². The van der Waals surface area contributed by atoms with Crippen LogP contribution in [-0.2, 0) is 0 Å². The maximum atomic E-state index is 14.0. The van der Waals surface area contributed by atoms with Gasteiger partial charge in [-0.2, -0.15) is 0 Å². The molecule has 0 radical (unpaired) electrons. The molecule has 7 nitrogen and oxygen atoms in total. The zero-order valence-electron chi connectivity index (χ0n) is 15.1. The molecule has 28 heavy (non-hydrogen) atoms. The Hall–Kier alpha value is -2.98. The molecule has 0 saturated carbocycles. The number of hydrogen-bond donors (Lipinski definition) is 1. The van der Waals surface area contributed by atoms with E-state index < -0.39 is 22.5 Å². The second-order valence-corrected chi connectivity index (χ2v) is 7.46. The van der Waals surface area contributed by atoms with Crippen LogP contribution in [0.1, 0.15) is 10.4 Å². The second-order valence-electron chi connectivity index (χ2n) is 6.45. The second kappa shape index (κ2) is 7.95. The van der Waals surface area contributed by atoms with E-state index in [9.17, 15) is 23.7 Å².